The normalized spacial score (nSPS) is 9.94. The largest absolute Gasteiger partial charge is 0.389 e. The second-order valence-electron chi connectivity index (χ2n) is 4.18. The number of rotatable bonds is 5. The molecule has 4 nitrogen and oxygen atoms in total. The lowest BCUT2D eigenvalue weighted by atomic mass is 10.1. The van der Waals surface area contributed by atoms with Crippen molar-refractivity contribution in [2.24, 2.45) is 5.73 Å². The molecular formula is C13H19N3OS. The molecule has 0 aliphatic carbocycles. The van der Waals surface area contributed by atoms with Crippen molar-refractivity contribution in [1.29, 1.82) is 0 Å². The molecule has 0 aliphatic rings. The van der Waals surface area contributed by atoms with Crippen LogP contribution in [0.1, 0.15) is 18.1 Å². The molecule has 18 heavy (non-hydrogen) atoms. The van der Waals surface area contributed by atoms with Crippen molar-refractivity contribution in [3.05, 3.63) is 29.3 Å². The van der Waals surface area contributed by atoms with E-state index in [0.29, 0.717) is 18.1 Å². The van der Waals surface area contributed by atoms with E-state index < -0.39 is 0 Å². The monoisotopic (exact) mass is 265 g/mol. The quantitative estimate of drug-likeness (QED) is 0.786. The van der Waals surface area contributed by atoms with E-state index in [1.165, 1.54) is 0 Å². The predicted molar refractivity (Wildman–Crippen MR) is 79.0 cm³/mol. The number of anilines is 1. The van der Waals surface area contributed by atoms with Crippen LogP contribution in [0.4, 0.5) is 5.69 Å². The van der Waals surface area contributed by atoms with Gasteiger partial charge in [0.2, 0.25) is 5.91 Å². The summed E-state index contributed by atoms with van der Waals surface area (Å²) in [6.07, 6.45) is 0. The third kappa shape index (κ3) is 3.70. The predicted octanol–water partition coefficient (Wildman–Crippen LogP) is 1.20. The van der Waals surface area contributed by atoms with E-state index in [0.717, 1.165) is 16.8 Å². The molecular weight excluding hydrogens is 246 g/mol. The standard InChI is InChI=1S/C13H19N3OS/c1-4-15-12(17)8-16(3)11-6-5-10(13(14)18)7-9(11)2/h5-7H,4,8H2,1-3H3,(H2,14,18)(H,15,17). The van der Waals surface area contributed by atoms with Crippen molar-refractivity contribution in [2.75, 3.05) is 25.0 Å². The smallest absolute Gasteiger partial charge is 0.239 e. The molecule has 0 aromatic heterocycles. The number of benzene rings is 1. The first-order chi connectivity index (χ1) is 8.45. The molecule has 1 aromatic rings. The first kappa shape index (κ1) is 14.4. The van der Waals surface area contributed by atoms with Gasteiger partial charge in [-0.1, -0.05) is 12.2 Å². The lowest BCUT2D eigenvalue weighted by Crippen LogP contribution is -2.35. The highest BCUT2D eigenvalue weighted by atomic mass is 32.1. The summed E-state index contributed by atoms with van der Waals surface area (Å²) in [6.45, 7) is 4.86. The van der Waals surface area contributed by atoms with E-state index in [9.17, 15) is 4.79 Å². The average Bonchev–Trinajstić information content (AvgIpc) is 2.28. The number of hydrogen-bond donors (Lipinski definition) is 2. The van der Waals surface area contributed by atoms with Crippen LogP contribution in [0.25, 0.3) is 0 Å². The number of carbonyl (C=O) groups is 1. The summed E-state index contributed by atoms with van der Waals surface area (Å²) in [5.74, 6) is 0.0119. The molecule has 5 heteroatoms. The molecule has 0 unspecified atom stereocenters. The maximum atomic E-state index is 11.5. The molecule has 0 fully saturated rings. The fraction of sp³-hybridized carbons (Fsp3) is 0.385. The van der Waals surface area contributed by atoms with Crippen molar-refractivity contribution in [3.8, 4) is 0 Å². The topological polar surface area (TPSA) is 58.4 Å². The highest BCUT2D eigenvalue weighted by Crippen LogP contribution is 2.19. The average molecular weight is 265 g/mol. The molecule has 1 aromatic carbocycles. The van der Waals surface area contributed by atoms with Crippen LogP contribution in [0.2, 0.25) is 0 Å². The van der Waals surface area contributed by atoms with E-state index in [1.54, 1.807) is 0 Å². The van der Waals surface area contributed by atoms with Gasteiger partial charge in [0.05, 0.1) is 6.54 Å². The lowest BCUT2D eigenvalue weighted by Gasteiger charge is -2.21. The highest BCUT2D eigenvalue weighted by Gasteiger charge is 2.09. The molecule has 0 spiro atoms. The van der Waals surface area contributed by atoms with Gasteiger partial charge in [0.15, 0.2) is 0 Å². The summed E-state index contributed by atoms with van der Waals surface area (Å²) in [7, 11) is 1.89. The molecule has 1 amide bonds. The van der Waals surface area contributed by atoms with Crippen LogP contribution in [-0.2, 0) is 4.79 Å². The number of thiocarbonyl (C=S) groups is 1. The Kier molecular flexibility index (Phi) is 5.09. The van der Waals surface area contributed by atoms with Gasteiger partial charge in [0.25, 0.3) is 0 Å². The number of nitrogens with zero attached hydrogens (tertiary/aromatic N) is 1. The number of hydrogen-bond acceptors (Lipinski definition) is 3. The number of amides is 1. The minimum absolute atomic E-state index is 0.0119. The van der Waals surface area contributed by atoms with E-state index in [2.05, 4.69) is 5.32 Å². The summed E-state index contributed by atoms with van der Waals surface area (Å²) >= 11 is 4.94. The van der Waals surface area contributed by atoms with Gasteiger partial charge in [-0.2, -0.15) is 0 Å². The highest BCUT2D eigenvalue weighted by molar-refractivity contribution is 7.80. The fourth-order valence-corrected chi connectivity index (χ4v) is 1.92. The Morgan fingerprint density at radius 1 is 1.50 bits per heavy atom. The van der Waals surface area contributed by atoms with Gasteiger partial charge in [-0.3, -0.25) is 4.79 Å². The summed E-state index contributed by atoms with van der Waals surface area (Å²) < 4.78 is 0. The van der Waals surface area contributed by atoms with Crippen molar-refractivity contribution in [2.45, 2.75) is 13.8 Å². The molecule has 0 radical (unpaired) electrons. The first-order valence-corrected chi connectivity index (χ1v) is 6.24. The summed E-state index contributed by atoms with van der Waals surface area (Å²) in [5.41, 5.74) is 8.48. The Hall–Kier alpha value is -1.62. The summed E-state index contributed by atoms with van der Waals surface area (Å²) in [4.78, 5) is 13.8. The van der Waals surface area contributed by atoms with E-state index >= 15 is 0 Å². The maximum absolute atomic E-state index is 11.5. The van der Waals surface area contributed by atoms with E-state index in [1.807, 2.05) is 44.0 Å². The molecule has 3 N–H and O–H groups in total. The zero-order valence-electron chi connectivity index (χ0n) is 11.0. The molecule has 0 heterocycles. The van der Waals surface area contributed by atoms with Crippen LogP contribution >= 0.6 is 12.2 Å². The van der Waals surface area contributed by atoms with Crippen LogP contribution in [0, 0.1) is 6.92 Å². The van der Waals surface area contributed by atoms with Crippen molar-refractivity contribution in [1.82, 2.24) is 5.32 Å². The number of nitrogens with one attached hydrogen (secondary N) is 1. The molecule has 0 saturated carbocycles. The SMILES string of the molecule is CCNC(=O)CN(C)c1ccc(C(N)=S)cc1C. The molecule has 1 rings (SSSR count). The molecule has 0 bridgehead atoms. The number of nitrogens with two attached hydrogens (primary N) is 1. The van der Waals surface area contributed by atoms with Crippen molar-refractivity contribution in [3.63, 3.8) is 0 Å². The van der Waals surface area contributed by atoms with E-state index in [-0.39, 0.29) is 5.91 Å². The minimum atomic E-state index is 0.0119. The van der Waals surface area contributed by atoms with Crippen LogP contribution < -0.4 is 16.0 Å². The van der Waals surface area contributed by atoms with E-state index in [4.69, 9.17) is 18.0 Å². The van der Waals surface area contributed by atoms with Gasteiger partial charge < -0.3 is 16.0 Å². The zero-order valence-corrected chi connectivity index (χ0v) is 11.8. The molecule has 98 valence electrons. The van der Waals surface area contributed by atoms with Crippen molar-refractivity contribution < 1.29 is 4.79 Å². The number of carbonyl (C=O) groups excluding carboxylic acids is 1. The van der Waals surface area contributed by atoms with Gasteiger partial charge in [-0.25, -0.2) is 0 Å². The second-order valence-corrected chi connectivity index (χ2v) is 4.61. The Bertz CT molecular complexity index is 460. The number of aryl methyl sites for hydroxylation is 1. The Morgan fingerprint density at radius 3 is 2.67 bits per heavy atom. The summed E-state index contributed by atoms with van der Waals surface area (Å²) in [5, 5.41) is 2.77. The summed E-state index contributed by atoms with van der Waals surface area (Å²) in [6, 6.07) is 5.74. The van der Waals surface area contributed by atoms with Gasteiger partial charge in [0, 0.05) is 24.8 Å². The lowest BCUT2D eigenvalue weighted by molar-refractivity contribution is -0.119. The fourth-order valence-electron chi connectivity index (χ4n) is 1.79. The number of likely N-dealkylation sites (N-methyl/N-ethyl adjacent to an activating group) is 2. The van der Waals surface area contributed by atoms with Crippen LogP contribution in [0.3, 0.4) is 0 Å². The van der Waals surface area contributed by atoms with Gasteiger partial charge in [0.1, 0.15) is 4.99 Å². The van der Waals surface area contributed by atoms with Crippen LogP contribution in [0.15, 0.2) is 18.2 Å². The second kappa shape index (κ2) is 6.35. The van der Waals surface area contributed by atoms with Crippen LogP contribution in [0.5, 0.6) is 0 Å². The van der Waals surface area contributed by atoms with Gasteiger partial charge >= 0.3 is 0 Å². The van der Waals surface area contributed by atoms with Crippen molar-refractivity contribution >= 4 is 28.8 Å². The Balaban J connectivity index is 2.83. The third-order valence-corrected chi connectivity index (χ3v) is 2.88. The molecule has 0 saturated heterocycles. The minimum Gasteiger partial charge on any atom is -0.389 e. The first-order valence-electron chi connectivity index (χ1n) is 5.84. The molecule has 0 aliphatic heterocycles. The van der Waals surface area contributed by atoms with Crippen LogP contribution in [-0.4, -0.2) is 31.0 Å². The van der Waals surface area contributed by atoms with Gasteiger partial charge in [-0.15, -0.1) is 0 Å². The molecule has 0 atom stereocenters. The maximum Gasteiger partial charge on any atom is 0.239 e. The third-order valence-electron chi connectivity index (χ3n) is 2.65. The zero-order chi connectivity index (χ0) is 13.7. The Morgan fingerprint density at radius 2 is 2.17 bits per heavy atom. The Labute approximate surface area is 113 Å². The van der Waals surface area contributed by atoms with Gasteiger partial charge in [-0.05, 0) is 37.6 Å².